The van der Waals surface area contributed by atoms with Crippen LogP contribution in [0.25, 0.3) is 11.3 Å². The summed E-state index contributed by atoms with van der Waals surface area (Å²) in [6, 6.07) is 16.4. The SMILES string of the molecule is COc1ccc(C(C)CC(=O)N/N=C/c2ccc(-c3ccc(Br)cc3)o2)c(O)c1. The monoisotopic (exact) mass is 456 g/mol. The number of aromatic hydroxyl groups is 1. The number of hydrogen-bond donors (Lipinski definition) is 2. The lowest BCUT2D eigenvalue weighted by Gasteiger charge is -2.13. The van der Waals surface area contributed by atoms with Crippen LogP contribution < -0.4 is 10.2 Å². The molecule has 7 heteroatoms. The molecule has 0 radical (unpaired) electrons. The molecule has 3 rings (SSSR count). The molecule has 0 saturated heterocycles. The van der Waals surface area contributed by atoms with Gasteiger partial charge in [0.15, 0.2) is 0 Å². The molecule has 1 heterocycles. The molecule has 0 aliphatic rings. The average molecular weight is 457 g/mol. The molecule has 0 aliphatic heterocycles. The summed E-state index contributed by atoms with van der Waals surface area (Å²) >= 11 is 3.40. The van der Waals surface area contributed by atoms with Gasteiger partial charge in [0.1, 0.15) is 23.0 Å². The lowest BCUT2D eigenvalue weighted by atomic mass is 9.96. The van der Waals surface area contributed by atoms with Crippen LogP contribution in [-0.4, -0.2) is 24.3 Å². The number of hydrazone groups is 1. The van der Waals surface area contributed by atoms with Gasteiger partial charge in [-0.25, -0.2) is 5.43 Å². The molecule has 1 amide bonds. The van der Waals surface area contributed by atoms with Crippen molar-refractivity contribution in [3.8, 4) is 22.8 Å². The number of phenolic OH excluding ortho intramolecular Hbond substituents is 1. The minimum atomic E-state index is -0.261. The van der Waals surface area contributed by atoms with Crippen LogP contribution in [0.3, 0.4) is 0 Å². The third kappa shape index (κ3) is 5.48. The van der Waals surface area contributed by atoms with Gasteiger partial charge in [0.05, 0.1) is 13.3 Å². The molecule has 0 saturated carbocycles. The first-order valence-corrected chi connectivity index (χ1v) is 9.80. The smallest absolute Gasteiger partial charge is 0.240 e. The van der Waals surface area contributed by atoms with Crippen LogP contribution in [0.4, 0.5) is 0 Å². The minimum Gasteiger partial charge on any atom is -0.508 e. The fraction of sp³-hybridized carbons (Fsp3) is 0.182. The van der Waals surface area contributed by atoms with E-state index >= 15 is 0 Å². The first kappa shape index (κ1) is 20.7. The number of rotatable bonds is 7. The van der Waals surface area contributed by atoms with E-state index in [1.165, 1.54) is 19.4 Å². The number of phenols is 1. The molecule has 0 spiro atoms. The third-order valence-electron chi connectivity index (χ3n) is 4.40. The number of carbonyl (C=O) groups excluding carboxylic acids is 1. The average Bonchev–Trinajstić information content (AvgIpc) is 3.17. The van der Waals surface area contributed by atoms with Crippen molar-refractivity contribution >= 4 is 28.1 Å². The normalized spacial score (nSPS) is 12.1. The maximum atomic E-state index is 12.1. The molecule has 3 aromatic rings. The molecular formula is C22H21BrN2O4. The van der Waals surface area contributed by atoms with Crippen LogP contribution in [0, 0.1) is 0 Å². The molecule has 2 N–H and O–H groups in total. The number of carbonyl (C=O) groups is 1. The maximum Gasteiger partial charge on any atom is 0.240 e. The van der Waals surface area contributed by atoms with Crippen LogP contribution in [0.1, 0.15) is 30.6 Å². The van der Waals surface area contributed by atoms with Gasteiger partial charge in [0, 0.05) is 22.5 Å². The van der Waals surface area contributed by atoms with E-state index in [1.807, 2.05) is 37.3 Å². The number of amides is 1. The van der Waals surface area contributed by atoms with Crippen LogP contribution >= 0.6 is 15.9 Å². The van der Waals surface area contributed by atoms with Gasteiger partial charge >= 0.3 is 0 Å². The largest absolute Gasteiger partial charge is 0.508 e. The fourth-order valence-electron chi connectivity index (χ4n) is 2.86. The summed E-state index contributed by atoms with van der Waals surface area (Å²) in [5, 5.41) is 14.0. The second kappa shape index (κ2) is 9.43. The lowest BCUT2D eigenvalue weighted by Crippen LogP contribution is -2.19. The maximum absolute atomic E-state index is 12.1. The minimum absolute atomic E-state index is 0.101. The molecular weight excluding hydrogens is 436 g/mol. The summed E-state index contributed by atoms with van der Waals surface area (Å²) in [5.41, 5.74) is 4.11. The van der Waals surface area contributed by atoms with Crippen molar-refractivity contribution in [1.82, 2.24) is 5.43 Å². The van der Waals surface area contributed by atoms with E-state index in [1.54, 1.807) is 18.2 Å². The zero-order valence-electron chi connectivity index (χ0n) is 16.1. The predicted molar refractivity (Wildman–Crippen MR) is 115 cm³/mol. The summed E-state index contributed by atoms with van der Waals surface area (Å²) in [4.78, 5) is 12.1. The zero-order valence-corrected chi connectivity index (χ0v) is 17.6. The van der Waals surface area contributed by atoms with Gasteiger partial charge in [-0.2, -0.15) is 5.10 Å². The first-order valence-electron chi connectivity index (χ1n) is 9.01. The van der Waals surface area contributed by atoms with Crippen molar-refractivity contribution in [3.63, 3.8) is 0 Å². The van der Waals surface area contributed by atoms with Crippen molar-refractivity contribution in [3.05, 3.63) is 70.4 Å². The second-order valence-corrected chi connectivity index (χ2v) is 7.45. The van der Waals surface area contributed by atoms with Crippen molar-refractivity contribution < 1.29 is 19.1 Å². The quantitative estimate of drug-likeness (QED) is 0.384. The highest BCUT2D eigenvalue weighted by Crippen LogP contribution is 2.31. The van der Waals surface area contributed by atoms with Gasteiger partial charge in [0.25, 0.3) is 0 Å². The highest BCUT2D eigenvalue weighted by molar-refractivity contribution is 9.10. The first-order chi connectivity index (χ1) is 14.0. The molecule has 2 aromatic carbocycles. The molecule has 0 bridgehead atoms. The van der Waals surface area contributed by atoms with E-state index in [0.29, 0.717) is 22.8 Å². The van der Waals surface area contributed by atoms with E-state index in [4.69, 9.17) is 9.15 Å². The summed E-state index contributed by atoms with van der Waals surface area (Å²) in [6.07, 6.45) is 1.63. The number of methoxy groups -OCH3 is 1. The van der Waals surface area contributed by atoms with Gasteiger partial charge in [-0.15, -0.1) is 0 Å². The predicted octanol–water partition coefficient (Wildman–Crippen LogP) is 5.07. The van der Waals surface area contributed by atoms with Crippen molar-refractivity contribution in [2.45, 2.75) is 19.3 Å². The Bertz CT molecular complexity index is 1010. The number of nitrogens with one attached hydrogen (secondary N) is 1. The van der Waals surface area contributed by atoms with Gasteiger partial charge in [-0.05, 0) is 41.8 Å². The summed E-state index contributed by atoms with van der Waals surface area (Å²) in [7, 11) is 1.53. The van der Waals surface area contributed by atoms with Gasteiger partial charge in [-0.3, -0.25) is 4.79 Å². The molecule has 1 atom stereocenters. The molecule has 0 aliphatic carbocycles. The van der Waals surface area contributed by atoms with Gasteiger partial charge < -0.3 is 14.3 Å². The topological polar surface area (TPSA) is 84.1 Å². The standard InChI is InChI=1S/C22H21BrN2O4/c1-14(19-9-7-17(28-2)12-20(19)26)11-22(27)25-24-13-18-8-10-21(29-18)15-3-5-16(23)6-4-15/h3-10,12-14,26H,11H2,1-2H3,(H,25,27)/b24-13+. The lowest BCUT2D eigenvalue weighted by molar-refractivity contribution is -0.121. The van der Waals surface area contributed by atoms with Crippen molar-refractivity contribution in [2.75, 3.05) is 7.11 Å². The number of halogens is 1. The number of hydrogen-bond acceptors (Lipinski definition) is 5. The summed E-state index contributed by atoms with van der Waals surface area (Å²) in [6.45, 7) is 1.86. The second-order valence-electron chi connectivity index (χ2n) is 6.53. The van der Waals surface area contributed by atoms with Crippen LogP contribution in [-0.2, 0) is 4.79 Å². The van der Waals surface area contributed by atoms with Crippen LogP contribution in [0.2, 0.25) is 0 Å². The highest BCUT2D eigenvalue weighted by atomic mass is 79.9. The Hall–Kier alpha value is -3.06. The summed E-state index contributed by atoms with van der Waals surface area (Å²) in [5.74, 6) is 1.47. The Labute approximate surface area is 177 Å². The molecule has 0 fully saturated rings. The Balaban J connectivity index is 1.55. The molecule has 150 valence electrons. The van der Waals surface area contributed by atoms with Crippen molar-refractivity contribution in [1.29, 1.82) is 0 Å². The molecule has 6 nitrogen and oxygen atoms in total. The molecule has 1 aromatic heterocycles. The number of furan rings is 1. The van der Waals surface area contributed by atoms with Gasteiger partial charge in [-0.1, -0.05) is 41.1 Å². The van der Waals surface area contributed by atoms with Crippen LogP contribution in [0.5, 0.6) is 11.5 Å². The zero-order chi connectivity index (χ0) is 20.8. The van der Waals surface area contributed by atoms with E-state index < -0.39 is 0 Å². The van der Waals surface area contributed by atoms with E-state index in [-0.39, 0.29) is 24.0 Å². The Morgan fingerprint density at radius 3 is 2.69 bits per heavy atom. The fourth-order valence-corrected chi connectivity index (χ4v) is 3.12. The molecule has 1 unspecified atom stereocenters. The van der Waals surface area contributed by atoms with E-state index in [9.17, 15) is 9.90 Å². The Kier molecular flexibility index (Phi) is 6.72. The number of nitrogens with zero attached hydrogens (tertiary/aromatic N) is 1. The van der Waals surface area contributed by atoms with E-state index in [2.05, 4.69) is 26.5 Å². The van der Waals surface area contributed by atoms with Crippen LogP contribution in [0.15, 0.2) is 68.6 Å². The Morgan fingerprint density at radius 1 is 1.24 bits per heavy atom. The third-order valence-corrected chi connectivity index (χ3v) is 4.93. The number of ether oxygens (including phenoxy) is 1. The summed E-state index contributed by atoms with van der Waals surface area (Å²) < 4.78 is 11.8. The number of benzene rings is 2. The molecule has 29 heavy (non-hydrogen) atoms. The Morgan fingerprint density at radius 2 is 2.00 bits per heavy atom. The van der Waals surface area contributed by atoms with Crippen molar-refractivity contribution in [2.24, 2.45) is 5.10 Å². The highest BCUT2D eigenvalue weighted by Gasteiger charge is 2.15. The van der Waals surface area contributed by atoms with E-state index in [0.717, 1.165) is 10.0 Å². The van der Waals surface area contributed by atoms with Gasteiger partial charge in [0.2, 0.25) is 5.91 Å².